The zero-order valence-corrected chi connectivity index (χ0v) is 23.0. The van der Waals surface area contributed by atoms with E-state index in [0.717, 1.165) is 19.4 Å². The van der Waals surface area contributed by atoms with Crippen LogP contribution >= 0.6 is 26.8 Å². The standard InChI is InChI=1S/C22H28ClN5O9P2/c23-22-25-19(27-8-4-7-14(9-27)13-5-2-1-3-6-13)16-20(26-22)28(11-24-16)21-18(30)17(29)15(37-21)10-36-39(34,35)12-38(31,32)33/h1-3,5-6,11,14-15,17-18,21,29-30H,4,7-10,12H2,(H,34,35)(H2,31,32,33)/t14?,15-,17-,18-,21-/m1/s1. The Bertz CT molecular complexity index is 1420. The number of halogens is 1. The molecule has 2 unspecified atom stereocenters. The number of imidazole rings is 1. The number of aromatic nitrogens is 4. The van der Waals surface area contributed by atoms with Gasteiger partial charge in [0.15, 0.2) is 29.1 Å². The molecule has 5 N–H and O–H groups in total. The van der Waals surface area contributed by atoms with E-state index >= 15 is 0 Å². The van der Waals surface area contributed by atoms with Crippen molar-refractivity contribution in [1.82, 2.24) is 19.5 Å². The molecule has 1 aromatic carbocycles. The molecule has 39 heavy (non-hydrogen) atoms. The van der Waals surface area contributed by atoms with Crippen LogP contribution in [0.2, 0.25) is 5.28 Å². The van der Waals surface area contributed by atoms with Gasteiger partial charge in [-0.3, -0.25) is 13.7 Å². The summed E-state index contributed by atoms with van der Waals surface area (Å²) >= 11 is 6.29. The maximum absolute atomic E-state index is 12.0. The van der Waals surface area contributed by atoms with Crippen molar-refractivity contribution in [2.75, 3.05) is 30.5 Å². The van der Waals surface area contributed by atoms with Crippen molar-refractivity contribution >= 4 is 43.8 Å². The van der Waals surface area contributed by atoms with Crippen molar-refractivity contribution < 1.29 is 43.3 Å². The third kappa shape index (κ3) is 6.36. The first-order chi connectivity index (χ1) is 18.4. The number of piperidine rings is 1. The zero-order chi connectivity index (χ0) is 27.9. The lowest BCUT2D eigenvalue weighted by Gasteiger charge is -2.34. The first kappa shape index (κ1) is 28.6. The summed E-state index contributed by atoms with van der Waals surface area (Å²) in [4.78, 5) is 42.9. The second kappa shape index (κ2) is 11.1. The second-order valence-electron chi connectivity index (χ2n) is 9.62. The fraction of sp³-hybridized carbons (Fsp3) is 0.500. The molecule has 2 fully saturated rings. The first-order valence-corrected chi connectivity index (χ1v) is 16.1. The highest BCUT2D eigenvalue weighted by molar-refractivity contribution is 7.70. The number of nitrogens with zero attached hydrogens (tertiary/aromatic N) is 5. The monoisotopic (exact) mass is 603 g/mol. The third-order valence-corrected chi connectivity index (χ3v) is 10.4. The number of anilines is 1. The number of ether oxygens (including phenoxy) is 1. The molecule has 2 aromatic heterocycles. The minimum absolute atomic E-state index is 0.0485. The van der Waals surface area contributed by atoms with Crippen molar-refractivity contribution in [2.45, 2.75) is 43.3 Å². The summed E-state index contributed by atoms with van der Waals surface area (Å²) in [5, 5.41) is 21.2. The van der Waals surface area contributed by atoms with Crippen LogP contribution in [0.4, 0.5) is 5.82 Å². The van der Waals surface area contributed by atoms with Crippen molar-refractivity contribution in [2.24, 2.45) is 0 Å². The van der Waals surface area contributed by atoms with Crippen LogP contribution in [-0.4, -0.2) is 88.3 Å². The fourth-order valence-electron chi connectivity index (χ4n) is 5.01. The Kier molecular flexibility index (Phi) is 8.16. The maximum Gasteiger partial charge on any atom is 0.340 e. The van der Waals surface area contributed by atoms with Gasteiger partial charge in [-0.15, -0.1) is 0 Å². The van der Waals surface area contributed by atoms with Gasteiger partial charge >= 0.3 is 15.2 Å². The van der Waals surface area contributed by atoms with Gasteiger partial charge in [0, 0.05) is 19.0 Å². The zero-order valence-electron chi connectivity index (χ0n) is 20.5. The number of fused-ring (bicyclic) bond motifs is 1. The van der Waals surface area contributed by atoms with E-state index < -0.39 is 52.2 Å². The molecule has 5 rings (SSSR count). The topological polar surface area (TPSA) is 201 Å². The number of benzene rings is 1. The Labute approximate surface area is 227 Å². The molecule has 0 bridgehead atoms. The average molecular weight is 604 g/mol. The minimum Gasteiger partial charge on any atom is -0.387 e. The van der Waals surface area contributed by atoms with E-state index in [-0.39, 0.29) is 16.8 Å². The van der Waals surface area contributed by atoms with E-state index in [1.807, 2.05) is 18.2 Å². The van der Waals surface area contributed by atoms with E-state index in [1.165, 1.54) is 16.5 Å². The molecular weight excluding hydrogens is 576 g/mol. The van der Waals surface area contributed by atoms with Crippen LogP contribution in [0.15, 0.2) is 36.7 Å². The van der Waals surface area contributed by atoms with Gasteiger partial charge in [-0.2, -0.15) is 9.97 Å². The predicted molar refractivity (Wildman–Crippen MR) is 140 cm³/mol. The fourth-order valence-corrected chi connectivity index (χ4v) is 7.74. The summed E-state index contributed by atoms with van der Waals surface area (Å²) in [5.74, 6) is -0.577. The molecule has 212 valence electrons. The summed E-state index contributed by atoms with van der Waals surface area (Å²) in [5.41, 5.74) is 1.89. The van der Waals surface area contributed by atoms with E-state index in [2.05, 4.69) is 32.0 Å². The predicted octanol–water partition coefficient (Wildman–Crippen LogP) is 1.82. The number of hydrogen-bond acceptors (Lipinski definition) is 10. The highest BCUT2D eigenvalue weighted by Gasteiger charge is 2.46. The summed E-state index contributed by atoms with van der Waals surface area (Å²) in [6.45, 7) is 0.718. The Morgan fingerprint density at radius 3 is 2.56 bits per heavy atom. The van der Waals surface area contributed by atoms with Gasteiger partial charge in [0.1, 0.15) is 18.3 Å². The van der Waals surface area contributed by atoms with Gasteiger partial charge in [0.05, 0.1) is 12.9 Å². The lowest BCUT2D eigenvalue weighted by molar-refractivity contribution is -0.0483. The second-order valence-corrected chi connectivity index (χ2v) is 14.0. The number of hydrogen-bond donors (Lipinski definition) is 5. The molecule has 3 aromatic rings. The molecular formula is C22H28ClN5O9P2. The molecule has 2 saturated heterocycles. The lowest BCUT2D eigenvalue weighted by Crippen LogP contribution is -2.35. The van der Waals surface area contributed by atoms with E-state index in [9.17, 15) is 24.2 Å². The number of rotatable bonds is 8. The molecule has 0 radical (unpaired) electrons. The summed E-state index contributed by atoms with van der Waals surface area (Å²) < 4.78 is 34.9. The Morgan fingerprint density at radius 2 is 1.85 bits per heavy atom. The van der Waals surface area contributed by atoms with Crippen LogP contribution in [0.3, 0.4) is 0 Å². The van der Waals surface area contributed by atoms with Crippen LogP contribution in [0.1, 0.15) is 30.6 Å². The Hall–Kier alpha value is -1.96. The van der Waals surface area contributed by atoms with E-state index in [0.29, 0.717) is 17.9 Å². The Balaban J connectivity index is 1.37. The van der Waals surface area contributed by atoms with Crippen LogP contribution in [-0.2, 0) is 18.4 Å². The summed E-state index contributed by atoms with van der Waals surface area (Å²) in [7, 11) is -9.52. The summed E-state index contributed by atoms with van der Waals surface area (Å²) in [6, 6.07) is 10.2. The van der Waals surface area contributed by atoms with Gasteiger partial charge in [-0.1, -0.05) is 30.3 Å². The molecule has 17 heteroatoms. The van der Waals surface area contributed by atoms with Crippen LogP contribution in [0.25, 0.3) is 11.2 Å². The molecule has 6 atom stereocenters. The summed E-state index contributed by atoms with van der Waals surface area (Å²) in [6.07, 6.45) is -2.24. The molecule has 0 amide bonds. The molecule has 2 aliphatic heterocycles. The lowest BCUT2D eigenvalue weighted by atomic mass is 9.91. The Morgan fingerprint density at radius 1 is 1.10 bits per heavy atom. The molecule has 0 spiro atoms. The van der Waals surface area contributed by atoms with Gasteiger partial charge in [-0.05, 0) is 30.0 Å². The number of aliphatic hydroxyl groups excluding tert-OH is 2. The van der Waals surface area contributed by atoms with Crippen LogP contribution in [0.5, 0.6) is 0 Å². The van der Waals surface area contributed by atoms with Crippen LogP contribution in [0, 0.1) is 0 Å². The highest BCUT2D eigenvalue weighted by Crippen LogP contribution is 2.55. The molecule has 0 aliphatic carbocycles. The quantitative estimate of drug-likeness (QED) is 0.184. The normalized spacial score (nSPS) is 27.6. The van der Waals surface area contributed by atoms with Gasteiger partial charge in [0.2, 0.25) is 5.28 Å². The van der Waals surface area contributed by atoms with Gasteiger partial charge < -0.3 is 39.1 Å². The molecule has 4 heterocycles. The largest absolute Gasteiger partial charge is 0.387 e. The van der Waals surface area contributed by atoms with Gasteiger partial charge in [-0.25, -0.2) is 4.98 Å². The van der Waals surface area contributed by atoms with Crippen molar-refractivity contribution in [3.05, 3.63) is 47.5 Å². The van der Waals surface area contributed by atoms with Crippen LogP contribution < -0.4 is 4.90 Å². The molecule has 2 aliphatic rings. The minimum atomic E-state index is -4.83. The van der Waals surface area contributed by atoms with E-state index in [1.54, 1.807) is 0 Å². The molecule has 14 nitrogen and oxygen atoms in total. The van der Waals surface area contributed by atoms with Crippen molar-refractivity contribution in [3.8, 4) is 0 Å². The van der Waals surface area contributed by atoms with E-state index in [4.69, 9.17) is 30.6 Å². The maximum atomic E-state index is 12.0. The SMILES string of the molecule is O=P(O)(O)CP(=O)(O)OC[C@H]1O[C@@H](n2cnc3c(N4CCCC(c5ccccc5)C4)nc(Cl)nc32)[C@H](O)[C@@H]1O. The third-order valence-electron chi connectivity index (χ3n) is 6.78. The van der Waals surface area contributed by atoms with Crippen molar-refractivity contribution in [3.63, 3.8) is 0 Å². The smallest absolute Gasteiger partial charge is 0.340 e. The highest BCUT2D eigenvalue weighted by atomic mass is 35.5. The average Bonchev–Trinajstić information content (AvgIpc) is 3.42. The van der Waals surface area contributed by atoms with Crippen molar-refractivity contribution in [1.29, 1.82) is 0 Å². The van der Waals surface area contributed by atoms with Gasteiger partial charge in [0.25, 0.3) is 0 Å². The number of aliphatic hydroxyl groups is 2. The first-order valence-electron chi connectivity index (χ1n) is 12.1. The molecule has 0 saturated carbocycles.